The molecule has 0 aliphatic heterocycles. The SMILES string of the molecule is CNC(=O)c1nnc(Cl)cc1Nc1cc(CCCc2cccc(OC(N)=O)n2)cc(-c2cnn(C)c2)c1OC. The van der Waals surface area contributed by atoms with Crippen molar-refractivity contribution in [3.8, 4) is 22.8 Å². The molecule has 12 nitrogen and oxygen atoms in total. The molecular formula is C26H27ClN8O4. The molecule has 202 valence electrons. The molecule has 0 unspecified atom stereocenters. The van der Waals surface area contributed by atoms with E-state index >= 15 is 0 Å². The summed E-state index contributed by atoms with van der Waals surface area (Å²) in [6, 6.07) is 10.7. The van der Waals surface area contributed by atoms with Crippen LogP contribution in [0.15, 0.2) is 48.8 Å². The van der Waals surface area contributed by atoms with Crippen LogP contribution in [-0.2, 0) is 19.9 Å². The van der Waals surface area contributed by atoms with Crippen LogP contribution in [0, 0.1) is 0 Å². The van der Waals surface area contributed by atoms with Crippen molar-refractivity contribution in [3.63, 3.8) is 0 Å². The van der Waals surface area contributed by atoms with Crippen LogP contribution in [-0.4, -0.2) is 51.1 Å². The number of amides is 2. The zero-order valence-electron chi connectivity index (χ0n) is 21.6. The van der Waals surface area contributed by atoms with Gasteiger partial charge in [0.1, 0.15) is 5.75 Å². The molecule has 0 saturated carbocycles. The van der Waals surface area contributed by atoms with E-state index in [1.165, 1.54) is 13.1 Å². The lowest BCUT2D eigenvalue weighted by atomic mass is 9.99. The van der Waals surface area contributed by atoms with Crippen LogP contribution in [0.2, 0.25) is 5.15 Å². The predicted octanol–water partition coefficient (Wildman–Crippen LogP) is 3.67. The fourth-order valence-corrected chi connectivity index (χ4v) is 4.19. The van der Waals surface area contributed by atoms with Gasteiger partial charge in [0.05, 0.1) is 24.7 Å². The molecule has 0 atom stereocenters. The number of aromatic nitrogens is 5. The Labute approximate surface area is 229 Å². The fourth-order valence-electron chi connectivity index (χ4n) is 4.05. The fraction of sp³-hybridized carbons (Fsp3) is 0.231. The van der Waals surface area contributed by atoms with Crippen molar-refractivity contribution >= 4 is 35.0 Å². The first-order valence-corrected chi connectivity index (χ1v) is 12.3. The molecule has 1 aromatic carbocycles. The first kappa shape index (κ1) is 27.3. The minimum absolute atomic E-state index is 0.0846. The Morgan fingerprint density at radius 1 is 1.13 bits per heavy atom. The highest BCUT2D eigenvalue weighted by Gasteiger charge is 2.19. The molecule has 0 radical (unpaired) electrons. The second-order valence-electron chi connectivity index (χ2n) is 8.50. The lowest BCUT2D eigenvalue weighted by Crippen LogP contribution is -2.21. The number of rotatable bonds is 10. The third kappa shape index (κ3) is 6.79. The van der Waals surface area contributed by atoms with Gasteiger partial charge in [-0.1, -0.05) is 17.7 Å². The number of benzene rings is 1. The van der Waals surface area contributed by atoms with Crippen molar-refractivity contribution in [2.24, 2.45) is 12.8 Å². The Morgan fingerprint density at radius 3 is 2.64 bits per heavy atom. The maximum atomic E-state index is 12.4. The molecule has 13 heteroatoms. The van der Waals surface area contributed by atoms with Crippen molar-refractivity contribution < 1.29 is 19.1 Å². The number of anilines is 2. The topological polar surface area (TPSA) is 159 Å². The molecule has 0 spiro atoms. The average molecular weight is 551 g/mol. The summed E-state index contributed by atoms with van der Waals surface area (Å²) in [5.74, 6) is 0.297. The summed E-state index contributed by atoms with van der Waals surface area (Å²) in [6.07, 6.45) is 4.80. The summed E-state index contributed by atoms with van der Waals surface area (Å²) in [6.45, 7) is 0. The number of aryl methyl sites for hydroxylation is 3. The van der Waals surface area contributed by atoms with E-state index in [0.29, 0.717) is 30.0 Å². The minimum atomic E-state index is -0.911. The van der Waals surface area contributed by atoms with Gasteiger partial charge in [0, 0.05) is 49.2 Å². The Kier molecular flexibility index (Phi) is 8.56. The maximum absolute atomic E-state index is 12.4. The quantitative estimate of drug-likeness (QED) is 0.267. The summed E-state index contributed by atoms with van der Waals surface area (Å²) in [4.78, 5) is 27.8. The van der Waals surface area contributed by atoms with Crippen molar-refractivity contribution in [1.82, 2.24) is 30.3 Å². The number of methoxy groups -OCH3 is 1. The van der Waals surface area contributed by atoms with E-state index in [1.54, 1.807) is 30.1 Å². The van der Waals surface area contributed by atoms with E-state index in [1.807, 2.05) is 31.4 Å². The lowest BCUT2D eigenvalue weighted by Gasteiger charge is -2.18. The van der Waals surface area contributed by atoms with E-state index in [0.717, 1.165) is 28.8 Å². The highest BCUT2D eigenvalue weighted by molar-refractivity contribution is 6.29. The third-order valence-electron chi connectivity index (χ3n) is 5.73. The second-order valence-corrected chi connectivity index (χ2v) is 8.89. The van der Waals surface area contributed by atoms with Crippen molar-refractivity contribution in [2.75, 3.05) is 19.5 Å². The maximum Gasteiger partial charge on any atom is 0.411 e. The smallest absolute Gasteiger partial charge is 0.411 e. The molecule has 3 aromatic heterocycles. The Morgan fingerprint density at radius 2 is 1.95 bits per heavy atom. The highest BCUT2D eigenvalue weighted by Crippen LogP contribution is 2.40. The number of halogens is 1. The number of carbonyl (C=O) groups excluding carboxylic acids is 2. The second kappa shape index (κ2) is 12.2. The molecule has 4 aromatic rings. The highest BCUT2D eigenvalue weighted by atomic mass is 35.5. The largest absolute Gasteiger partial charge is 0.494 e. The minimum Gasteiger partial charge on any atom is -0.494 e. The first-order valence-electron chi connectivity index (χ1n) is 11.9. The van der Waals surface area contributed by atoms with Crippen LogP contribution < -0.4 is 25.8 Å². The molecule has 4 N–H and O–H groups in total. The molecule has 0 saturated heterocycles. The van der Waals surface area contributed by atoms with Gasteiger partial charge in [-0.05, 0) is 43.0 Å². The Hall–Kier alpha value is -4.71. The monoisotopic (exact) mass is 550 g/mol. The van der Waals surface area contributed by atoms with E-state index < -0.39 is 12.0 Å². The van der Waals surface area contributed by atoms with Gasteiger partial charge in [-0.15, -0.1) is 10.2 Å². The van der Waals surface area contributed by atoms with Crippen LogP contribution in [0.4, 0.5) is 16.2 Å². The number of pyridine rings is 1. The zero-order valence-corrected chi connectivity index (χ0v) is 22.3. The van der Waals surface area contributed by atoms with Gasteiger partial charge in [0.15, 0.2) is 10.8 Å². The van der Waals surface area contributed by atoms with Gasteiger partial charge in [0.2, 0.25) is 5.88 Å². The molecule has 0 fully saturated rings. The van der Waals surface area contributed by atoms with Crippen molar-refractivity contribution in [1.29, 1.82) is 0 Å². The summed E-state index contributed by atoms with van der Waals surface area (Å²) < 4.78 is 12.4. The van der Waals surface area contributed by atoms with Crippen LogP contribution in [0.5, 0.6) is 11.6 Å². The molecular weight excluding hydrogens is 524 g/mol. The van der Waals surface area contributed by atoms with Gasteiger partial charge < -0.3 is 25.8 Å². The molecule has 3 heterocycles. The van der Waals surface area contributed by atoms with Crippen LogP contribution in [0.1, 0.15) is 28.2 Å². The van der Waals surface area contributed by atoms with E-state index in [4.69, 9.17) is 26.8 Å². The zero-order chi connectivity index (χ0) is 27.9. The average Bonchev–Trinajstić information content (AvgIpc) is 3.34. The van der Waals surface area contributed by atoms with Crippen molar-refractivity contribution in [2.45, 2.75) is 19.3 Å². The molecule has 0 bridgehead atoms. The first-order chi connectivity index (χ1) is 18.8. The normalized spacial score (nSPS) is 10.7. The predicted molar refractivity (Wildman–Crippen MR) is 145 cm³/mol. The van der Waals surface area contributed by atoms with Crippen LogP contribution in [0.3, 0.4) is 0 Å². The standard InChI is InChI=1S/C26H27ClN8O4/c1-29-25(36)23-19(12-21(27)33-34-23)32-20-11-15(10-18(24(20)38-3)16-13-30-35(2)14-16)6-4-7-17-8-5-9-22(31-17)39-26(28)37/h5,8-14H,4,6-7H2,1-3H3,(H2,28,37)(H,29,36)(H,32,33). The summed E-state index contributed by atoms with van der Waals surface area (Å²) >= 11 is 6.10. The number of nitrogens with zero attached hydrogens (tertiary/aromatic N) is 5. The van der Waals surface area contributed by atoms with Crippen LogP contribution >= 0.6 is 11.6 Å². The molecule has 0 aliphatic carbocycles. The van der Waals surface area contributed by atoms with Gasteiger partial charge in [-0.25, -0.2) is 9.78 Å². The number of primary amides is 1. The number of ether oxygens (including phenoxy) is 2. The lowest BCUT2D eigenvalue weighted by molar-refractivity contribution is 0.0958. The van der Waals surface area contributed by atoms with Gasteiger partial charge in [0.25, 0.3) is 5.91 Å². The van der Waals surface area contributed by atoms with E-state index in [2.05, 4.69) is 30.9 Å². The van der Waals surface area contributed by atoms with Gasteiger partial charge in [-0.3, -0.25) is 9.48 Å². The number of nitrogens with two attached hydrogens (primary N) is 1. The summed E-state index contributed by atoms with van der Waals surface area (Å²) in [5.41, 5.74) is 9.59. The molecule has 2 amide bonds. The van der Waals surface area contributed by atoms with Crippen molar-refractivity contribution in [3.05, 3.63) is 70.9 Å². The number of nitrogens with one attached hydrogen (secondary N) is 2. The van der Waals surface area contributed by atoms with E-state index in [-0.39, 0.29) is 16.7 Å². The summed E-state index contributed by atoms with van der Waals surface area (Å²) in [7, 11) is 4.92. The van der Waals surface area contributed by atoms with Gasteiger partial charge in [-0.2, -0.15) is 5.10 Å². The van der Waals surface area contributed by atoms with Gasteiger partial charge >= 0.3 is 6.09 Å². The van der Waals surface area contributed by atoms with Crippen LogP contribution in [0.25, 0.3) is 11.1 Å². The number of hydrogen-bond acceptors (Lipinski definition) is 9. The van der Waals surface area contributed by atoms with E-state index in [9.17, 15) is 9.59 Å². The number of carbonyl (C=O) groups is 2. The Bertz CT molecular complexity index is 1510. The Balaban J connectivity index is 1.67. The molecule has 39 heavy (non-hydrogen) atoms. The molecule has 0 aliphatic rings. The third-order valence-corrected chi connectivity index (χ3v) is 5.91. The number of hydrogen-bond donors (Lipinski definition) is 3. The molecule has 4 rings (SSSR count). The summed E-state index contributed by atoms with van der Waals surface area (Å²) in [5, 5.41) is 18.0.